The van der Waals surface area contributed by atoms with Crippen LogP contribution >= 0.6 is 0 Å². The van der Waals surface area contributed by atoms with E-state index in [0.29, 0.717) is 0 Å². The fourth-order valence-corrected chi connectivity index (χ4v) is 1.40. The SMILES string of the molecule is CN(C)/C=C/c1ccc2ccccc2n1. The van der Waals surface area contributed by atoms with Crippen LogP contribution in [0.4, 0.5) is 0 Å². The first-order valence-electron chi connectivity index (χ1n) is 4.96. The summed E-state index contributed by atoms with van der Waals surface area (Å²) in [6, 6.07) is 12.3. The summed E-state index contributed by atoms with van der Waals surface area (Å²) in [7, 11) is 4.00. The molecule has 0 spiro atoms. The average Bonchev–Trinajstić information content (AvgIpc) is 2.26. The summed E-state index contributed by atoms with van der Waals surface area (Å²) in [5.41, 5.74) is 2.03. The van der Waals surface area contributed by atoms with Crippen molar-refractivity contribution in [2.75, 3.05) is 14.1 Å². The van der Waals surface area contributed by atoms with Crippen LogP contribution in [0, 0.1) is 0 Å². The lowest BCUT2D eigenvalue weighted by atomic mass is 10.2. The van der Waals surface area contributed by atoms with Crippen molar-refractivity contribution in [2.45, 2.75) is 0 Å². The predicted octanol–water partition coefficient (Wildman–Crippen LogP) is 2.77. The Balaban J connectivity index is 2.39. The molecule has 0 aliphatic carbocycles. The Morgan fingerprint density at radius 2 is 1.87 bits per heavy atom. The summed E-state index contributed by atoms with van der Waals surface area (Å²) in [4.78, 5) is 6.53. The van der Waals surface area contributed by atoms with Gasteiger partial charge in [0, 0.05) is 25.7 Å². The minimum atomic E-state index is 0.988. The summed E-state index contributed by atoms with van der Waals surface area (Å²) in [5, 5.41) is 1.18. The third-order valence-corrected chi connectivity index (χ3v) is 2.16. The van der Waals surface area contributed by atoms with Gasteiger partial charge < -0.3 is 4.90 Å². The first-order valence-corrected chi connectivity index (χ1v) is 4.96. The first-order chi connectivity index (χ1) is 7.25. The molecule has 2 nitrogen and oxygen atoms in total. The minimum absolute atomic E-state index is 0.988. The van der Waals surface area contributed by atoms with E-state index in [0.717, 1.165) is 11.2 Å². The highest BCUT2D eigenvalue weighted by Crippen LogP contribution is 2.12. The van der Waals surface area contributed by atoms with Gasteiger partial charge in [0.15, 0.2) is 0 Å². The van der Waals surface area contributed by atoms with Crippen molar-refractivity contribution in [1.82, 2.24) is 9.88 Å². The Morgan fingerprint density at radius 3 is 2.67 bits per heavy atom. The Hall–Kier alpha value is -1.83. The monoisotopic (exact) mass is 198 g/mol. The van der Waals surface area contributed by atoms with Gasteiger partial charge >= 0.3 is 0 Å². The standard InChI is InChI=1S/C13H14N2/c1-15(2)10-9-12-8-7-11-5-3-4-6-13(11)14-12/h3-10H,1-2H3/b10-9+. The highest BCUT2D eigenvalue weighted by Gasteiger charge is 1.93. The normalized spacial score (nSPS) is 11.1. The van der Waals surface area contributed by atoms with Gasteiger partial charge in [-0.3, -0.25) is 0 Å². The van der Waals surface area contributed by atoms with Gasteiger partial charge in [0.25, 0.3) is 0 Å². The van der Waals surface area contributed by atoms with Crippen LogP contribution in [0.5, 0.6) is 0 Å². The first kappa shape index (κ1) is 9.71. The summed E-state index contributed by atoms with van der Waals surface area (Å²) < 4.78 is 0. The molecule has 0 fully saturated rings. The molecule has 0 aliphatic heterocycles. The number of pyridine rings is 1. The number of hydrogen-bond donors (Lipinski definition) is 0. The topological polar surface area (TPSA) is 16.1 Å². The number of para-hydroxylation sites is 1. The zero-order valence-electron chi connectivity index (χ0n) is 9.01. The molecule has 0 radical (unpaired) electrons. The maximum absolute atomic E-state index is 4.53. The molecule has 1 aromatic heterocycles. The molecule has 2 aromatic rings. The molecule has 0 atom stereocenters. The second-order valence-corrected chi connectivity index (χ2v) is 3.71. The van der Waals surface area contributed by atoms with Crippen molar-refractivity contribution in [3.05, 3.63) is 48.3 Å². The lowest BCUT2D eigenvalue weighted by Crippen LogP contribution is -1.99. The molecular weight excluding hydrogens is 184 g/mol. The highest BCUT2D eigenvalue weighted by molar-refractivity contribution is 5.79. The number of nitrogens with zero attached hydrogens (tertiary/aromatic N) is 2. The van der Waals surface area contributed by atoms with E-state index in [1.54, 1.807) is 0 Å². The summed E-state index contributed by atoms with van der Waals surface area (Å²) in [6.07, 6.45) is 4.00. The van der Waals surface area contributed by atoms with Crippen molar-refractivity contribution in [2.24, 2.45) is 0 Å². The lowest BCUT2D eigenvalue weighted by Gasteiger charge is -2.03. The Morgan fingerprint density at radius 1 is 1.07 bits per heavy atom. The van der Waals surface area contributed by atoms with E-state index >= 15 is 0 Å². The average molecular weight is 198 g/mol. The molecule has 0 saturated heterocycles. The molecule has 1 heterocycles. The third-order valence-electron chi connectivity index (χ3n) is 2.16. The number of benzene rings is 1. The van der Waals surface area contributed by atoms with Crippen LogP contribution in [0.15, 0.2) is 42.6 Å². The second kappa shape index (κ2) is 4.13. The van der Waals surface area contributed by atoms with E-state index in [4.69, 9.17) is 0 Å². The molecule has 0 bridgehead atoms. The molecule has 0 saturated carbocycles. The highest BCUT2D eigenvalue weighted by atomic mass is 15.0. The van der Waals surface area contributed by atoms with Crippen molar-refractivity contribution in [3.8, 4) is 0 Å². The van der Waals surface area contributed by atoms with Gasteiger partial charge in [-0.2, -0.15) is 0 Å². The fourth-order valence-electron chi connectivity index (χ4n) is 1.40. The quantitative estimate of drug-likeness (QED) is 0.737. The number of rotatable bonds is 2. The smallest absolute Gasteiger partial charge is 0.0709 e. The summed E-state index contributed by atoms with van der Waals surface area (Å²) in [6.45, 7) is 0. The van der Waals surface area contributed by atoms with Crippen molar-refractivity contribution >= 4 is 17.0 Å². The largest absolute Gasteiger partial charge is 0.383 e. The summed E-state index contributed by atoms with van der Waals surface area (Å²) in [5.74, 6) is 0. The molecule has 1 aromatic carbocycles. The molecule has 2 heteroatoms. The van der Waals surface area contributed by atoms with Crippen LogP contribution in [0.1, 0.15) is 5.69 Å². The number of hydrogen-bond acceptors (Lipinski definition) is 2. The molecule has 2 rings (SSSR count). The molecule has 15 heavy (non-hydrogen) atoms. The molecule has 0 amide bonds. The lowest BCUT2D eigenvalue weighted by molar-refractivity contribution is 0.567. The number of aromatic nitrogens is 1. The van der Waals surface area contributed by atoms with Crippen molar-refractivity contribution in [3.63, 3.8) is 0 Å². The van der Waals surface area contributed by atoms with E-state index in [-0.39, 0.29) is 0 Å². The Labute approximate surface area is 89.9 Å². The van der Waals surface area contributed by atoms with Gasteiger partial charge in [-0.15, -0.1) is 0 Å². The summed E-state index contributed by atoms with van der Waals surface area (Å²) >= 11 is 0. The van der Waals surface area contributed by atoms with Crippen LogP contribution in [-0.4, -0.2) is 24.0 Å². The Kier molecular flexibility index (Phi) is 2.68. The van der Waals surface area contributed by atoms with Gasteiger partial charge in [0.05, 0.1) is 11.2 Å². The number of fused-ring (bicyclic) bond motifs is 1. The maximum Gasteiger partial charge on any atom is 0.0709 e. The van der Waals surface area contributed by atoms with Gasteiger partial charge in [-0.25, -0.2) is 4.98 Å². The van der Waals surface area contributed by atoms with Crippen LogP contribution in [0.3, 0.4) is 0 Å². The molecule has 0 unspecified atom stereocenters. The van der Waals surface area contributed by atoms with Crippen LogP contribution in [0.25, 0.3) is 17.0 Å². The van der Waals surface area contributed by atoms with E-state index in [9.17, 15) is 0 Å². The maximum atomic E-state index is 4.53. The minimum Gasteiger partial charge on any atom is -0.383 e. The van der Waals surface area contributed by atoms with Gasteiger partial charge in [0.1, 0.15) is 0 Å². The zero-order chi connectivity index (χ0) is 10.7. The third kappa shape index (κ3) is 2.34. The van der Waals surface area contributed by atoms with E-state index < -0.39 is 0 Å². The second-order valence-electron chi connectivity index (χ2n) is 3.71. The van der Waals surface area contributed by atoms with E-state index in [1.807, 2.05) is 55.5 Å². The molecule has 0 N–H and O–H groups in total. The fraction of sp³-hybridized carbons (Fsp3) is 0.154. The van der Waals surface area contributed by atoms with Gasteiger partial charge in [-0.1, -0.05) is 24.3 Å². The van der Waals surface area contributed by atoms with Gasteiger partial charge in [-0.05, 0) is 18.2 Å². The predicted molar refractivity (Wildman–Crippen MR) is 64.5 cm³/mol. The van der Waals surface area contributed by atoms with Crippen LogP contribution in [0.2, 0.25) is 0 Å². The van der Waals surface area contributed by atoms with E-state index in [2.05, 4.69) is 17.1 Å². The van der Waals surface area contributed by atoms with Gasteiger partial charge in [0.2, 0.25) is 0 Å². The van der Waals surface area contributed by atoms with Crippen molar-refractivity contribution < 1.29 is 0 Å². The zero-order valence-corrected chi connectivity index (χ0v) is 9.01. The molecule has 76 valence electrons. The van der Waals surface area contributed by atoms with E-state index in [1.165, 1.54) is 5.39 Å². The molecule has 0 aliphatic rings. The molecular formula is C13H14N2. The van der Waals surface area contributed by atoms with Crippen LogP contribution < -0.4 is 0 Å². The van der Waals surface area contributed by atoms with Crippen molar-refractivity contribution in [1.29, 1.82) is 0 Å². The van der Waals surface area contributed by atoms with Crippen LogP contribution in [-0.2, 0) is 0 Å². The Bertz CT molecular complexity index is 487.